The summed E-state index contributed by atoms with van der Waals surface area (Å²) in [6.07, 6.45) is 4.14. The highest BCUT2D eigenvalue weighted by atomic mass is 16.3. The topological polar surface area (TPSA) is 25.2 Å². The minimum Gasteiger partial charge on any atom is -0.469 e. The van der Waals surface area contributed by atoms with E-state index in [0.717, 1.165) is 12.3 Å². The zero-order valence-corrected chi connectivity index (χ0v) is 8.76. The molecule has 0 fully saturated rings. The zero-order valence-electron chi connectivity index (χ0n) is 8.76. The van der Waals surface area contributed by atoms with Crippen LogP contribution >= 0.6 is 0 Å². The van der Waals surface area contributed by atoms with Crippen molar-refractivity contribution in [1.29, 1.82) is 0 Å². The van der Waals surface area contributed by atoms with Crippen LogP contribution in [0.3, 0.4) is 0 Å². The summed E-state index contributed by atoms with van der Waals surface area (Å²) in [5.74, 6) is 1.04. The van der Waals surface area contributed by atoms with Crippen LogP contribution in [0.2, 0.25) is 0 Å². The lowest BCUT2D eigenvalue weighted by atomic mass is 10.0. The van der Waals surface area contributed by atoms with E-state index in [1.165, 1.54) is 18.4 Å². The number of hydrogen-bond donors (Lipinski definition) is 1. The van der Waals surface area contributed by atoms with E-state index < -0.39 is 0 Å². The minimum atomic E-state index is 0.466. The molecule has 0 aliphatic heterocycles. The summed E-state index contributed by atoms with van der Waals surface area (Å²) in [5.41, 5.74) is 1.31. The van der Waals surface area contributed by atoms with Gasteiger partial charge in [-0.25, -0.2) is 0 Å². The highest BCUT2D eigenvalue weighted by Crippen LogP contribution is 2.22. The van der Waals surface area contributed by atoms with Gasteiger partial charge in [-0.1, -0.05) is 20.3 Å². The predicted octanol–water partition coefficient (Wildman–Crippen LogP) is 3.04. The van der Waals surface area contributed by atoms with Crippen molar-refractivity contribution in [3.8, 4) is 0 Å². The van der Waals surface area contributed by atoms with Crippen LogP contribution in [-0.4, -0.2) is 6.54 Å². The quantitative estimate of drug-likeness (QED) is 0.755. The van der Waals surface area contributed by atoms with E-state index in [2.05, 4.69) is 25.2 Å². The molecule has 0 aromatic carbocycles. The van der Waals surface area contributed by atoms with Gasteiger partial charge in [0.1, 0.15) is 5.76 Å². The molecule has 1 rings (SSSR count). The normalized spacial score (nSPS) is 13.2. The van der Waals surface area contributed by atoms with Crippen molar-refractivity contribution in [1.82, 2.24) is 5.32 Å². The minimum absolute atomic E-state index is 0.466. The van der Waals surface area contributed by atoms with Crippen LogP contribution in [0.15, 0.2) is 16.7 Å². The lowest BCUT2D eigenvalue weighted by Crippen LogP contribution is -2.20. The second kappa shape index (κ2) is 5.07. The van der Waals surface area contributed by atoms with E-state index in [1.807, 2.05) is 6.92 Å². The lowest BCUT2D eigenvalue weighted by Gasteiger charge is -2.16. The first-order chi connectivity index (χ1) is 6.29. The van der Waals surface area contributed by atoms with Crippen molar-refractivity contribution >= 4 is 0 Å². The van der Waals surface area contributed by atoms with Crippen molar-refractivity contribution in [2.24, 2.45) is 0 Å². The molecular weight excluding hydrogens is 162 g/mol. The second-order valence-electron chi connectivity index (χ2n) is 3.33. The van der Waals surface area contributed by atoms with Crippen molar-refractivity contribution < 1.29 is 4.42 Å². The number of aryl methyl sites for hydroxylation is 1. The van der Waals surface area contributed by atoms with Gasteiger partial charge in [-0.3, -0.25) is 0 Å². The summed E-state index contributed by atoms with van der Waals surface area (Å²) in [5, 5.41) is 3.47. The molecule has 1 N–H and O–H groups in total. The van der Waals surface area contributed by atoms with Crippen molar-refractivity contribution in [3.05, 3.63) is 23.7 Å². The molecule has 2 nitrogen and oxygen atoms in total. The number of rotatable bonds is 5. The molecule has 13 heavy (non-hydrogen) atoms. The summed E-state index contributed by atoms with van der Waals surface area (Å²) >= 11 is 0. The lowest BCUT2D eigenvalue weighted by molar-refractivity contribution is 0.482. The molecule has 1 atom stereocenters. The highest BCUT2D eigenvalue weighted by Gasteiger charge is 2.12. The molecule has 1 heterocycles. The summed E-state index contributed by atoms with van der Waals surface area (Å²) in [7, 11) is 0. The molecule has 0 bridgehead atoms. The van der Waals surface area contributed by atoms with Crippen molar-refractivity contribution in [2.45, 2.75) is 39.7 Å². The molecule has 0 spiro atoms. The van der Waals surface area contributed by atoms with E-state index in [-0.39, 0.29) is 0 Å². The zero-order chi connectivity index (χ0) is 9.68. The Morgan fingerprint density at radius 3 is 2.69 bits per heavy atom. The predicted molar refractivity (Wildman–Crippen MR) is 54.8 cm³/mol. The van der Waals surface area contributed by atoms with Gasteiger partial charge in [0.2, 0.25) is 0 Å². The molecular formula is C11H19NO. The first-order valence-electron chi connectivity index (χ1n) is 5.07. The van der Waals surface area contributed by atoms with Crippen LogP contribution in [0, 0.1) is 6.92 Å². The average molecular weight is 181 g/mol. The van der Waals surface area contributed by atoms with Gasteiger partial charge in [0, 0.05) is 11.6 Å². The van der Waals surface area contributed by atoms with E-state index >= 15 is 0 Å². The fourth-order valence-corrected chi connectivity index (χ4v) is 1.66. The molecule has 2 heteroatoms. The first kappa shape index (κ1) is 10.3. The Balaban J connectivity index is 2.69. The summed E-state index contributed by atoms with van der Waals surface area (Å²) < 4.78 is 5.30. The van der Waals surface area contributed by atoms with Gasteiger partial charge in [-0.15, -0.1) is 0 Å². The van der Waals surface area contributed by atoms with Gasteiger partial charge in [-0.05, 0) is 26.0 Å². The van der Waals surface area contributed by atoms with E-state index in [1.54, 1.807) is 6.26 Å². The summed E-state index contributed by atoms with van der Waals surface area (Å²) in [4.78, 5) is 0. The molecule has 0 aliphatic carbocycles. The van der Waals surface area contributed by atoms with Crippen molar-refractivity contribution in [2.75, 3.05) is 6.54 Å². The molecule has 1 aromatic heterocycles. The average Bonchev–Trinajstić information content (AvgIpc) is 2.51. The number of hydrogen-bond acceptors (Lipinski definition) is 2. The molecule has 74 valence electrons. The molecule has 0 amide bonds. The Morgan fingerprint density at radius 1 is 1.46 bits per heavy atom. The van der Waals surface area contributed by atoms with Crippen LogP contribution in [-0.2, 0) is 0 Å². The van der Waals surface area contributed by atoms with Gasteiger partial charge in [0.15, 0.2) is 0 Å². The second-order valence-corrected chi connectivity index (χ2v) is 3.33. The molecule has 1 unspecified atom stereocenters. The standard InChI is InChI=1S/C11H19NO/c1-4-6-11(12-5-2)10-7-8-13-9(10)3/h7-8,11-12H,4-6H2,1-3H3. The number of nitrogens with one attached hydrogen (secondary N) is 1. The monoisotopic (exact) mass is 181 g/mol. The number of furan rings is 1. The molecule has 0 radical (unpaired) electrons. The van der Waals surface area contributed by atoms with Crippen LogP contribution in [0.5, 0.6) is 0 Å². The maximum absolute atomic E-state index is 5.30. The Kier molecular flexibility index (Phi) is 4.03. The third-order valence-corrected chi connectivity index (χ3v) is 2.30. The largest absolute Gasteiger partial charge is 0.469 e. The van der Waals surface area contributed by atoms with Crippen LogP contribution in [0.25, 0.3) is 0 Å². The maximum Gasteiger partial charge on any atom is 0.105 e. The fourth-order valence-electron chi connectivity index (χ4n) is 1.66. The van der Waals surface area contributed by atoms with Gasteiger partial charge >= 0.3 is 0 Å². The third kappa shape index (κ3) is 2.59. The van der Waals surface area contributed by atoms with Crippen molar-refractivity contribution in [3.63, 3.8) is 0 Å². The maximum atomic E-state index is 5.30. The Labute approximate surface area is 80.3 Å². The highest BCUT2D eigenvalue weighted by molar-refractivity contribution is 5.20. The van der Waals surface area contributed by atoms with Crippen LogP contribution in [0.4, 0.5) is 0 Å². The molecule has 0 saturated carbocycles. The third-order valence-electron chi connectivity index (χ3n) is 2.30. The van der Waals surface area contributed by atoms with E-state index in [4.69, 9.17) is 4.42 Å². The van der Waals surface area contributed by atoms with Gasteiger partial charge < -0.3 is 9.73 Å². The Hall–Kier alpha value is -0.760. The van der Waals surface area contributed by atoms with E-state index in [9.17, 15) is 0 Å². The molecule has 1 aromatic rings. The SMILES string of the molecule is CCCC(NCC)c1ccoc1C. The first-order valence-corrected chi connectivity index (χ1v) is 5.07. The van der Waals surface area contributed by atoms with E-state index in [0.29, 0.717) is 6.04 Å². The molecule has 0 saturated heterocycles. The summed E-state index contributed by atoms with van der Waals surface area (Å²) in [6.45, 7) is 7.38. The van der Waals surface area contributed by atoms with Gasteiger partial charge in [0.05, 0.1) is 6.26 Å². The molecule has 0 aliphatic rings. The van der Waals surface area contributed by atoms with Gasteiger partial charge in [-0.2, -0.15) is 0 Å². The van der Waals surface area contributed by atoms with Gasteiger partial charge in [0.25, 0.3) is 0 Å². The summed E-state index contributed by atoms with van der Waals surface area (Å²) in [6, 6.07) is 2.53. The van der Waals surface area contributed by atoms with Crippen LogP contribution < -0.4 is 5.32 Å². The fraction of sp³-hybridized carbons (Fsp3) is 0.636. The van der Waals surface area contributed by atoms with Crippen LogP contribution in [0.1, 0.15) is 44.1 Å². The Bertz CT molecular complexity index is 236. The smallest absolute Gasteiger partial charge is 0.105 e. The Morgan fingerprint density at radius 2 is 2.23 bits per heavy atom.